The fourth-order valence-corrected chi connectivity index (χ4v) is 2.84. The van der Waals surface area contributed by atoms with E-state index in [0.29, 0.717) is 6.42 Å². The summed E-state index contributed by atoms with van der Waals surface area (Å²) in [6.45, 7) is 1.90. The van der Waals surface area contributed by atoms with Crippen LogP contribution in [0.1, 0.15) is 57.1 Å². The molecule has 6 nitrogen and oxygen atoms in total. The van der Waals surface area contributed by atoms with E-state index in [1.165, 1.54) is 11.3 Å². The van der Waals surface area contributed by atoms with Crippen LogP contribution in [0.4, 0.5) is 0 Å². The molecule has 2 N–H and O–H groups in total. The van der Waals surface area contributed by atoms with Gasteiger partial charge in [-0.05, 0) is 12.0 Å². The van der Waals surface area contributed by atoms with E-state index in [4.69, 9.17) is 9.79 Å². The summed E-state index contributed by atoms with van der Waals surface area (Å²) in [5.41, 5.74) is 0.785. The van der Waals surface area contributed by atoms with Crippen LogP contribution in [-0.2, 0) is 13.9 Å². The zero-order valence-corrected chi connectivity index (χ0v) is 15.3. The molecule has 0 fully saturated rings. The normalized spacial score (nSPS) is 12.8. The molecule has 24 heavy (non-hydrogen) atoms. The molecule has 1 amide bonds. The van der Waals surface area contributed by atoms with Gasteiger partial charge < -0.3 is 14.7 Å². The minimum Gasteiger partial charge on any atom is -0.336 e. The molecule has 0 radical (unpaired) electrons. The first-order chi connectivity index (χ1) is 11.3. The zero-order chi connectivity index (χ0) is 18.0. The highest BCUT2D eigenvalue weighted by Crippen LogP contribution is 2.38. The number of rotatable bonds is 11. The molecular formula is C17H28NO5P. The van der Waals surface area contributed by atoms with Gasteiger partial charge in [0.2, 0.25) is 5.91 Å². The number of hydrogen-bond acceptors (Lipinski definition) is 3. The second-order valence-corrected chi connectivity index (χ2v) is 7.12. The number of phosphoric acid groups is 1. The molecule has 7 heteroatoms. The Kier molecular flexibility index (Phi) is 9.22. The summed E-state index contributed by atoms with van der Waals surface area (Å²) in [6.07, 6.45) is 5.72. The van der Waals surface area contributed by atoms with Gasteiger partial charge in [-0.1, -0.05) is 62.9 Å². The van der Waals surface area contributed by atoms with Crippen LogP contribution in [0.2, 0.25) is 0 Å². The van der Waals surface area contributed by atoms with Crippen LogP contribution in [0.25, 0.3) is 0 Å². The molecule has 1 aromatic rings. The standard InChI is InChI=1S/C17H28NO5P/c1-3-4-5-6-10-13-17(19)18(2)16(14-23-24(20,21)22)15-11-8-7-9-12-15/h7-9,11-12,16H,3-6,10,13-14H2,1-2H3,(H2,20,21,22)/t16-/m1/s1. The number of nitrogens with zero attached hydrogens (tertiary/aromatic N) is 1. The van der Waals surface area contributed by atoms with Gasteiger partial charge in [-0.2, -0.15) is 0 Å². The minimum absolute atomic E-state index is 0.0466. The fourth-order valence-electron chi connectivity index (χ4n) is 2.50. The molecule has 0 aromatic heterocycles. The topological polar surface area (TPSA) is 87.1 Å². The van der Waals surface area contributed by atoms with E-state index in [9.17, 15) is 9.36 Å². The fraction of sp³-hybridized carbons (Fsp3) is 0.588. The maximum absolute atomic E-state index is 12.4. The van der Waals surface area contributed by atoms with Crippen LogP contribution >= 0.6 is 7.82 Å². The molecular weight excluding hydrogens is 329 g/mol. The van der Waals surface area contributed by atoms with Gasteiger partial charge in [-0.25, -0.2) is 4.57 Å². The van der Waals surface area contributed by atoms with Crippen molar-refractivity contribution in [2.75, 3.05) is 13.7 Å². The number of amides is 1. The molecule has 0 heterocycles. The predicted molar refractivity (Wildman–Crippen MR) is 93.3 cm³/mol. The van der Waals surface area contributed by atoms with E-state index >= 15 is 0 Å². The third-order valence-corrected chi connectivity index (χ3v) is 4.43. The first-order valence-corrected chi connectivity index (χ1v) is 9.89. The summed E-state index contributed by atoms with van der Waals surface area (Å²) in [6, 6.07) is 8.60. The second-order valence-electron chi connectivity index (χ2n) is 5.88. The maximum atomic E-state index is 12.4. The maximum Gasteiger partial charge on any atom is 0.469 e. The van der Waals surface area contributed by atoms with Crippen molar-refractivity contribution in [3.8, 4) is 0 Å². The molecule has 1 atom stereocenters. The van der Waals surface area contributed by atoms with Gasteiger partial charge in [0.05, 0.1) is 12.6 Å². The van der Waals surface area contributed by atoms with Gasteiger partial charge in [-0.15, -0.1) is 0 Å². The van der Waals surface area contributed by atoms with Crippen LogP contribution in [-0.4, -0.2) is 34.2 Å². The summed E-state index contributed by atoms with van der Waals surface area (Å²) in [7, 11) is -2.93. The highest BCUT2D eigenvalue weighted by Gasteiger charge is 2.25. The third-order valence-electron chi connectivity index (χ3n) is 3.94. The summed E-state index contributed by atoms with van der Waals surface area (Å²) in [4.78, 5) is 31.8. The quantitative estimate of drug-likeness (QED) is 0.466. The minimum atomic E-state index is -4.58. The Hall–Kier alpha value is -1.20. The highest BCUT2D eigenvalue weighted by atomic mass is 31.2. The Morgan fingerprint density at radius 1 is 1.17 bits per heavy atom. The Morgan fingerprint density at radius 2 is 1.79 bits per heavy atom. The molecule has 0 aliphatic heterocycles. The molecule has 0 unspecified atom stereocenters. The van der Waals surface area contributed by atoms with Crippen molar-refractivity contribution in [1.29, 1.82) is 0 Å². The van der Waals surface area contributed by atoms with E-state index in [1.807, 2.05) is 30.3 Å². The average molecular weight is 357 g/mol. The molecule has 0 spiro atoms. The number of unbranched alkanes of at least 4 members (excludes halogenated alkanes) is 4. The summed E-state index contributed by atoms with van der Waals surface area (Å²) < 4.78 is 15.6. The van der Waals surface area contributed by atoms with Gasteiger partial charge >= 0.3 is 7.82 Å². The summed E-state index contributed by atoms with van der Waals surface area (Å²) in [5.74, 6) is -0.0466. The van der Waals surface area contributed by atoms with Gasteiger partial charge in [0.25, 0.3) is 0 Å². The lowest BCUT2D eigenvalue weighted by atomic mass is 10.1. The average Bonchev–Trinajstić information content (AvgIpc) is 2.54. The lowest BCUT2D eigenvalue weighted by Gasteiger charge is -2.28. The van der Waals surface area contributed by atoms with Crippen LogP contribution in [0.3, 0.4) is 0 Å². The van der Waals surface area contributed by atoms with E-state index in [0.717, 1.165) is 31.2 Å². The van der Waals surface area contributed by atoms with Crippen LogP contribution < -0.4 is 0 Å². The second kappa shape index (κ2) is 10.6. The predicted octanol–water partition coefficient (Wildman–Crippen LogP) is 3.66. The van der Waals surface area contributed by atoms with Crippen molar-refractivity contribution in [3.05, 3.63) is 35.9 Å². The molecule has 136 valence electrons. The Morgan fingerprint density at radius 3 is 2.38 bits per heavy atom. The zero-order valence-electron chi connectivity index (χ0n) is 14.4. The molecule has 0 aliphatic rings. The number of carbonyl (C=O) groups is 1. The number of phosphoric ester groups is 1. The van der Waals surface area contributed by atoms with Crippen molar-refractivity contribution in [2.24, 2.45) is 0 Å². The van der Waals surface area contributed by atoms with Gasteiger partial charge in [0.15, 0.2) is 0 Å². The number of likely N-dealkylation sites (N-methyl/N-ethyl adjacent to an activating group) is 1. The molecule has 0 bridgehead atoms. The van der Waals surface area contributed by atoms with E-state index < -0.39 is 13.9 Å². The summed E-state index contributed by atoms with van der Waals surface area (Å²) in [5, 5.41) is 0. The largest absolute Gasteiger partial charge is 0.469 e. The number of carbonyl (C=O) groups excluding carboxylic acids is 1. The van der Waals surface area contributed by atoms with Crippen molar-refractivity contribution in [2.45, 2.75) is 51.5 Å². The van der Waals surface area contributed by atoms with E-state index in [-0.39, 0.29) is 12.5 Å². The number of hydrogen-bond donors (Lipinski definition) is 2. The Bertz CT molecular complexity index is 531. The third kappa shape index (κ3) is 8.06. The summed E-state index contributed by atoms with van der Waals surface area (Å²) >= 11 is 0. The van der Waals surface area contributed by atoms with Crippen molar-refractivity contribution in [1.82, 2.24) is 4.90 Å². The van der Waals surface area contributed by atoms with Crippen molar-refractivity contribution in [3.63, 3.8) is 0 Å². The van der Waals surface area contributed by atoms with Gasteiger partial charge in [0, 0.05) is 13.5 Å². The lowest BCUT2D eigenvalue weighted by Crippen LogP contribution is -2.33. The highest BCUT2D eigenvalue weighted by molar-refractivity contribution is 7.46. The molecule has 0 aliphatic carbocycles. The Labute approximate surface area is 144 Å². The van der Waals surface area contributed by atoms with Gasteiger partial charge in [-0.3, -0.25) is 9.32 Å². The van der Waals surface area contributed by atoms with Gasteiger partial charge in [0.1, 0.15) is 0 Å². The van der Waals surface area contributed by atoms with Crippen LogP contribution in [0.5, 0.6) is 0 Å². The molecule has 1 aromatic carbocycles. The first-order valence-electron chi connectivity index (χ1n) is 8.36. The smallest absolute Gasteiger partial charge is 0.336 e. The van der Waals surface area contributed by atoms with Crippen LogP contribution in [0, 0.1) is 0 Å². The van der Waals surface area contributed by atoms with E-state index in [1.54, 1.807) is 7.05 Å². The van der Waals surface area contributed by atoms with Crippen molar-refractivity contribution >= 4 is 13.7 Å². The Balaban J connectivity index is 2.67. The molecule has 0 saturated carbocycles. The first kappa shape index (κ1) is 20.8. The molecule has 0 saturated heterocycles. The lowest BCUT2D eigenvalue weighted by molar-refractivity contribution is -0.133. The monoisotopic (exact) mass is 357 g/mol. The van der Waals surface area contributed by atoms with E-state index in [2.05, 4.69) is 11.4 Å². The molecule has 1 rings (SSSR count). The van der Waals surface area contributed by atoms with Crippen LogP contribution in [0.15, 0.2) is 30.3 Å². The number of benzene rings is 1. The van der Waals surface area contributed by atoms with Crippen molar-refractivity contribution < 1.29 is 23.7 Å². The SMILES string of the molecule is CCCCCCCC(=O)N(C)[C@H](COP(=O)(O)O)c1ccccc1.